The Bertz CT molecular complexity index is 801. The molecule has 0 spiro atoms. The Morgan fingerprint density at radius 2 is 2.19 bits per heavy atom. The van der Waals surface area contributed by atoms with E-state index in [2.05, 4.69) is 9.97 Å². The average Bonchev–Trinajstić information content (AvgIpc) is 3.02. The van der Waals surface area contributed by atoms with Crippen LogP contribution in [0.3, 0.4) is 0 Å². The number of aromatic nitrogens is 2. The number of carbonyl (C=O) groups is 1. The number of amides is 1. The molecule has 3 rings (SSSR count). The van der Waals surface area contributed by atoms with Crippen molar-refractivity contribution in [3.05, 3.63) is 53.3 Å². The average molecular weight is 283 g/mol. The lowest BCUT2D eigenvalue weighted by molar-refractivity contribution is 0.0782. The molecule has 1 N–H and O–H groups in total. The van der Waals surface area contributed by atoms with Crippen LogP contribution >= 0.6 is 0 Å². The number of nitrogens with zero attached hydrogens (tertiary/aromatic N) is 2. The van der Waals surface area contributed by atoms with E-state index in [0.29, 0.717) is 17.7 Å². The maximum atomic E-state index is 12.6. The zero-order chi connectivity index (χ0) is 15.0. The number of rotatable bonds is 3. The Morgan fingerprint density at radius 3 is 2.90 bits per heavy atom. The minimum Gasteiger partial charge on any atom is -0.461 e. The number of fused-ring (bicyclic) bond motifs is 1. The fourth-order valence-electron chi connectivity index (χ4n) is 2.41. The molecule has 0 saturated heterocycles. The van der Waals surface area contributed by atoms with Gasteiger partial charge in [-0.3, -0.25) is 4.79 Å². The van der Waals surface area contributed by atoms with E-state index in [1.54, 1.807) is 24.2 Å². The molecule has 3 aromatic rings. The minimum absolute atomic E-state index is 0.0796. The molecule has 1 aromatic carbocycles. The number of hydrogen-bond donors (Lipinski definition) is 1. The van der Waals surface area contributed by atoms with Gasteiger partial charge < -0.3 is 14.3 Å². The van der Waals surface area contributed by atoms with E-state index in [1.807, 2.05) is 32.0 Å². The van der Waals surface area contributed by atoms with Gasteiger partial charge in [-0.2, -0.15) is 0 Å². The van der Waals surface area contributed by atoms with Crippen LogP contribution in [0, 0.1) is 13.8 Å². The standard InChI is InChI=1S/C16H17N3O2/c1-10-8-17-14(18-10)9-19(3)16(20)13-6-4-5-12-7-11(2)21-15(12)13/h4-8H,9H2,1-3H3,(H,17,18). The van der Waals surface area contributed by atoms with Crippen LogP contribution in [0.15, 0.2) is 34.9 Å². The highest BCUT2D eigenvalue weighted by molar-refractivity contribution is 6.04. The molecular weight excluding hydrogens is 266 g/mol. The summed E-state index contributed by atoms with van der Waals surface area (Å²) in [7, 11) is 1.76. The van der Waals surface area contributed by atoms with E-state index in [0.717, 1.165) is 22.7 Å². The summed E-state index contributed by atoms with van der Waals surface area (Å²) in [5.74, 6) is 1.49. The van der Waals surface area contributed by atoms with E-state index in [1.165, 1.54) is 0 Å². The first kappa shape index (κ1) is 13.4. The van der Waals surface area contributed by atoms with Crippen molar-refractivity contribution in [3.63, 3.8) is 0 Å². The second kappa shape index (κ2) is 5.09. The quantitative estimate of drug-likeness (QED) is 0.803. The van der Waals surface area contributed by atoms with E-state index in [4.69, 9.17) is 4.42 Å². The molecular formula is C16H17N3O2. The Balaban J connectivity index is 1.89. The lowest BCUT2D eigenvalue weighted by atomic mass is 10.1. The first-order valence-corrected chi connectivity index (χ1v) is 6.79. The number of benzene rings is 1. The summed E-state index contributed by atoms with van der Waals surface area (Å²) in [6, 6.07) is 7.54. The molecule has 0 aliphatic heterocycles. The van der Waals surface area contributed by atoms with Crippen LogP contribution in [0.5, 0.6) is 0 Å². The number of H-pyrrole nitrogens is 1. The third-order valence-electron chi connectivity index (χ3n) is 3.39. The SMILES string of the molecule is Cc1cnc(CN(C)C(=O)c2cccc3cc(C)oc23)[nH]1. The van der Waals surface area contributed by atoms with Crippen LogP contribution in [0.1, 0.15) is 27.6 Å². The van der Waals surface area contributed by atoms with Crippen LogP contribution in [-0.2, 0) is 6.54 Å². The molecule has 5 heteroatoms. The Kier molecular flexibility index (Phi) is 3.25. The van der Waals surface area contributed by atoms with Crippen molar-refractivity contribution in [1.82, 2.24) is 14.9 Å². The van der Waals surface area contributed by atoms with Crippen LogP contribution in [0.4, 0.5) is 0 Å². The third kappa shape index (κ3) is 2.54. The number of aromatic amines is 1. The molecule has 0 radical (unpaired) electrons. The van der Waals surface area contributed by atoms with Crippen molar-refractivity contribution in [1.29, 1.82) is 0 Å². The molecule has 1 amide bonds. The van der Waals surface area contributed by atoms with E-state index in [9.17, 15) is 4.79 Å². The van der Waals surface area contributed by atoms with Gasteiger partial charge in [0.1, 0.15) is 17.2 Å². The highest BCUT2D eigenvalue weighted by Gasteiger charge is 2.18. The van der Waals surface area contributed by atoms with Crippen LogP contribution in [-0.4, -0.2) is 27.8 Å². The van der Waals surface area contributed by atoms with Gasteiger partial charge in [-0.05, 0) is 26.0 Å². The van der Waals surface area contributed by atoms with Crippen LogP contribution in [0.25, 0.3) is 11.0 Å². The fourth-order valence-corrected chi connectivity index (χ4v) is 2.41. The Hall–Kier alpha value is -2.56. The van der Waals surface area contributed by atoms with Gasteiger partial charge in [0.05, 0.1) is 12.1 Å². The van der Waals surface area contributed by atoms with E-state index < -0.39 is 0 Å². The topological polar surface area (TPSA) is 62.1 Å². The van der Waals surface area contributed by atoms with Crippen molar-refractivity contribution < 1.29 is 9.21 Å². The lowest BCUT2D eigenvalue weighted by Crippen LogP contribution is -2.26. The number of para-hydroxylation sites is 1. The maximum Gasteiger partial charge on any atom is 0.257 e. The summed E-state index contributed by atoms with van der Waals surface area (Å²) >= 11 is 0. The lowest BCUT2D eigenvalue weighted by Gasteiger charge is -2.15. The van der Waals surface area contributed by atoms with Crippen molar-refractivity contribution >= 4 is 16.9 Å². The van der Waals surface area contributed by atoms with Gasteiger partial charge in [0.25, 0.3) is 5.91 Å². The largest absolute Gasteiger partial charge is 0.461 e. The normalized spacial score (nSPS) is 11.0. The predicted octanol–water partition coefficient (Wildman–Crippen LogP) is 3.04. The van der Waals surface area contributed by atoms with Crippen LogP contribution < -0.4 is 0 Å². The second-order valence-corrected chi connectivity index (χ2v) is 5.26. The monoisotopic (exact) mass is 283 g/mol. The Labute approximate surface area is 122 Å². The zero-order valence-electron chi connectivity index (χ0n) is 12.3. The molecule has 0 fully saturated rings. The number of hydrogen-bond acceptors (Lipinski definition) is 3. The van der Waals surface area contributed by atoms with Crippen molar-refractivity contribution in [2.45, 2.75) is 20.4 Å². The summed E-state index contributed by atoms with van der Waals surface area (Å²) in [6.45, 7) is 4.25. The molecule has 0 bridgehead atoms. The molecule has 5 nitrogen and oxygen atoms in total. The van der Waals surface area contributed by atoms with Gasteiger partial charge in [-0.15, -0.1) is 0 Å². The van der Waals surface area contributed by atoms with Gasteiger partial charge in [0, 0.05) is 24.3 Å². The number of carbonyl (C=O) groups excluding carboxylic acids is 1. The summed E-state index contributed by atoms with van der Waals surface area (Å²) in [5.41, 5.74) is 2.20. The minimum atomic E-state index is -0.0796. The molecule has 2 heterocycles. The van der Waals surface area contributed by atoms with Gasteiger partial charge in [0.15, 0.2) is 0 Å². The summed E-state index contributed by atoms with van der Waals surface area (Å²) < 4.78 is 5.65. The summed E-state index contributed by atoms with van der Waals surface area (Å²) in [6.07, 6.45) is 1.75. The fraction of sp³-hybridized carbons (Fsp3) is 0.250. The highest BCUT2D eigenvalue weighted by Crippen LogP contribution is 2.23. The van der Waals surface area contributed by atoms with Crippen LogP contribution in [0.2, 0.25) is 0 Å². The van der Waals surface area contributed by atoms with Gasteiger partial charge in [0.2, 0.25) is 0 Å². The van der Waals surface area contributed by atoms with Crippen molar-refractivity contribution in [2.24, 2.45) is 0 Å². The molecule has 0 unspecified atom stereocenters. The third-order valence-corrected chi connectivity index (χ3v) is 3.39. The Morgan fingerprint density at radius 1 is 1.38 bits per heavy atom. The number of imidazole rings is 1. The number of nitrogens with one attached hydrogen (secondary N) is 1. The van der Waals surface area contributed by atoms with E-state index in [-0.39, 0.29) is 5.91 Å². The first-order chi connectivity index (χ1) is 10.0. The molecule has 2 aromatic heterocycles. The first-order valence-electron chi connectivity index (χ1n) is 6.79. The molecule has 0 atom stereocenters. The summed E-state index contributed by atoms with van der Waals surface area (Å²) in [4.78, 5) is 21.6. The molecule has 108 valence electrons. The molecule has 0 aliphatic carbocycles. The maximum absolute atomic E-state index is 12.6. The van der Waals surface area contributed by atoms with Gasteiger partial charge >= 0.3 is 0 Å². The van der Waals surface area contributed by atoms with Crippen molar-refractivity contribution in [2.75, 3.05) is 7.05 Å². The number of furan rings is 1. The molecule has 21 heavy (non-hydrogen) atoms. The number of aryl methyl sites for hydroxylation is 2. The highest BCUT2D eigenvalue weighted by atomic mass is 16.3. The van der Waals surface area contributed by atoms with Gasteiger partial charge in [-0.1, -0.05) is 12.1 Å². The molecule has 0 saturated carbocycles. The van der Waals surface area contributed by atoms with E-state index >= 15 is 0 Å². The van der Waals surface area contributed by atoms with Gasteiger partial charge in [-0.25, -0.2) is 4.98 Å². The van der Waals surface area contributed by atoms with Crippen molar-refractivity contribution in [3.8, 4) is 0 Å². The molecule has 0 aliphatic rings. The zero-order valence-corrected chi connectivity index (χ0v) is 12.3. The second-order valence-electron chi connectivity index (χ2n) is 5.26. The smallest absolute Gasteiger partial charge is 0.257 e. The predicted molar refractivity (Wildman–Crippen MR) is 80.1 cm³/mol. The summed E-state index contributed by atoms with van der Waals surface area (Å²) in [5, 5.41) is 0.945.